The van der Waals surface area contributed by atoms with Crippen molar-refractivity contribution in [1.82, 2.24) is 9.47 Å². The molecule has 0 N–H and O–H groups in total. The summed E-state index contributed by atoms with van der Waals surface area (Å²) in [5.41, 5.74) is 6.70. The smallest absolute Gasteiger partial charge is 0.0956 e. The van der Waals surface area contributed by atoms with Gasteiger partial charge in [0.2, 0.25) is 0 Å². The molecule has 3 aromatic rings. The fraction of sp³-hybridized carbons (Fsp3) is 0.294. The van der Waals surface area contributed by atoms with Gasteiger partial charge in [0.05, 0.1) is 14.6 Å². The van der Waals surface area contributed by atoms with Gasteiger partial charge in [-0.2, -0.15) is 0 Å². The Labute approximate surface area is 133 Å². The van der Waals surface area contributed by atoms with Gasteiger partial charge in [0, 0.05) is 36.5 Å². The highest BCUT2D eigenvalue weighted by atomic mass is 35.5. The SMILES string of the molecule is Cc1ccc(-n2c3c(c4sc(Cl)cc42)CN(C)CC3)cc1. The molecule has 4 heteroatoms. The van der Waals surface area contributed by atoms with Crippen LogP contribution in [0.25, 0.3) is 15.9 Å². The predicted octanol–water partition coefficient (Wildman–Crippen LogP) is 4.64. The molecule has 2 nitrogen and oxygen atoms in total. The first-order valence-electron chi connectivity index (χ1n) is 7.20. The number of hydrogen-bond donors (Lipinski definition) is 0. The number of likely N-dealkylation sites (N-methyl/N-ethyl adjacent to an activating group) is 1. The van der Waals surface area contributed by atoms with Crippen molar-refractivity contribution in [3.63, 3.8) is 0 Å². The summed E-state index contributed by atoms with van der Waals surface area (Å²) in [5, 5.41) is 0. The monoisotopic (exact) mass is 316 g/mol. The molecular formula is C17H17ClN2S. The van der Waals surface area contributed by atoms with Gasteiger partial charge in [0.25, 0.3) is 0 Å². The van der Waals surface area contributed by atoms with Gasteiger partial charge in [-0.05, 0) is 32.2 Å². The van der Waals surface area contributed by atoms with Crippen molar-refractivity contribution in [1.29, 1.82) is 0 Å². The van der Waals surface area contributed by atoms with Crippen molar-refractivity contribution >= 4 is 33.2 Å². The van der Waals surface area contributed by atoms with Crippen LogP contribution in [-0.4, -0.2) is 23.1 Å². The molecule has 0 spiro atoms. The van der Waals surface area contributed by atoms with Crippen LogP contribution < -0.4 is 0 Å². The van der Waals surface area contributed by atoms with Gasteiger partial charge in [0.15, 0.2) is 0 Å². The molecular weight excluding hydrogens is 300 g/mol. The molecule has 0 atom stereocenters. The molecule has 0 amide bonds. The number of halogens is 1. The lowest BCUT2D eigenvalue weighted by Gasteiger charge is -2.24. The maximum absolute atomic E-state index is 6.28. The van der Waals surface area contributed by atoms with Crippen LogP contribution in [-0.2, 0) is 13.0 Å². The van der Waals surface area contributed by atoms with E-state index in [4.69, 9.17) is 11.6 Å². The van der Waals surface area contributed by atoms with Gasteiger partial charge >= 0.3 is 0 Å². The summed E-state index contributed by atoms with van der Waals surface area (Å²) >= 11 is 7.98. The van der Waals surface area contributed by atoms with Crippen LogP contribution in [0, 0.1) is 6.92 Å². The Morgan fingerprint density at radius 2 is 1.95 bits per heavy atom. The number of rotatable bonds is 1. The Morgan fingerprint density at radius 3 is 2.71 bits per heavy atom. The Hall–Kier alpha value is -1.29. The van der Waals surface area contributed by atoms with E-state index in [1.165, 1.54) is 32.7 Å². The van der Waals surface area contributed by atoms with Crippen LogP contribution in [0.3, 0.4) is 0 Å². The van der Waals surface area contributed by atoms with E-state index in [0.717, 1.165) is 23.8 Å². The topological polar surface area (TPSA) is 8.17 Å². The number of hydrogen-bond acceptors (Lipinski definition) is 2. The average molecular weight is 317 g/mol. The molecule has 21 heavy (non-hydrogen) atoms. The highest BCUT2D eigenvalue weighted by Gasteiger charge is 2.24. The second-order valence-electron chi connectivity index (χ2n) is 5.85. The summed E-state index contributed by atoms with van der Waals surface area (Å²) in [7, 11) is 2.19. The van der Waals surface area contributed by atoms with Gasteiger partial charge in [-0.15, -0.1) is 11.3 Å². The van der Waals surface area contributed by atoms with Gasteiger partial charge in [0.1, 0.15) is 0 Å². The summed E-state index contributed by atoms with van der Waals surface area (Å²) in [6, 6.07) is 10.9. The van der Waals surface area contributed by atoms with Crippen molar-refractivity contribution in [2.45, 2.75) is 19.9 Å². The van der Waals surface area contributed by atoms with Crippen molar-refractivity contribution in [3.8, 4) is 5.69 Å². The normalized spacial score (nSPS) is 15.6. The average Bonchev–Trinajstić information content (AvgIpc) is 2.95. The maximum Gasteiger partial charge on any atom is 0.0956 e. The van der Waals surface area contributed by atoms with Gasteiger partial charge in [-0.25, -0.2) is 0 Å². The summed E-state index contributed by atoms with van der Waals surface area (Å²) in [5.74, 6) is 0. The molecule has 0 saturated carbocycles. The molecule has 1 aliphatic heterocycles. The Kier molecular flexibility index (Phi) is 3.10. The minimum absolute atomic E-state index is 0.872. The van der Waals surface area contributed by atoms with E-state index in [1.54, 1.807) is 11.3 Å². The van der Waals surface area contributed by atoms with E-state index in [0.29, 0.717) is 0 Å². The van der Waals surface area contributed by atoms with E-state index < -0.39 is 0 Å². The standard InChI is InChI=1S/C17H17ClN2S/c1-11-3-5-12(6-4-11)20-14-7-8-19(2)10-13(14)17-15(20)9-16(18)21-17/h3-6,9H,7-8,10H2,1-2H3. The van der Waals surface area contributed by atoms with Gasteiger partial charge < -0.3 is 9.47 Å². The molecule has 0 unspecified atom stereocenters. The second kappa shape index (κ2) is 4.87. The molecule has 0 bridgehead atoms. The lowest BCUT2D eigenvalue weighted by molar-refractivity contribution is 0.311. The Morgan fingerprint density at radius 1 is 1.19 bits per heavy atom. The summed E-state index contributed by atoms with van der Waals surface area (Å²) in [6.45, 7) is 4.26. The fourth-order valence-electron chi connectivity index (χ4n) is 3.21. The number of benzene rings is 1. The van der Waals surface area contributed by atoms with Crippen LogP contribution in [0.4, 0.5) is 0 Å². The zero-order valence-corrected chi connectivity index (χ0v) is 13.8. The number of fused-ring (bicyclic) bond motifs is 3. The summed E-state index contributed by atoms with van der Waals surface area (Å²) in [4.78, 5) is 2.38. The molecule has 4 rings (SSSR count). The summed E-state index contributed by atoms with van der Waals surface area (Å²) in [6.07, 6.45) is 1.10. The van der Waals surface area contributed by atoms with Crippen LogP contribution in [0.15, 0.2) is 30.3 Å². The molecule has 2 aromatic heterocycles. The number of thiophene rings is 1. The minimum Gasteiger partial charge on any atom is -0.312 e. The number of aromatic nitrogens is 1. The molecule has 0 aliphatic carbocycles. The van der Waals surface area contributed by atoms with Crippen LogP contribution in [0.1, 0.15) is 16.8 Å². The second-order valence-corrected chi connectivity index (χ2v) is 7.53. The van der Waals surface area contributed by atoms with Crippen LogP contribution in [0.5, 0.6) is 0 Å². The van der Waals surface area contributed by atoms with E-state index in [2.05, 4.69) is 53.8 Å². The maximum atomic E-state index is 6.28. The van der Waals surface area contributed by atoms with Crippen molar-refractivity contribution in [2.24, 2.45) is 0 Å². The van der Waals surface area contributed by atoms with Crippen LogP contribution in [0.2, 0.25) is 4.34 Å². The predicted molar refractivity (Wildman–Crippen MR) is 90.9 cm³/mol. The molecule has 3 heterocycles. The van der Waals surface area contributed by atoms with E-state index >= 15 is 0 Å². The van der Waals surface area contributed by atoms with E-state index in [1.807, 2.05) is 0 Å². The lowest BCUT2D eigenvalue weighted by Crippen LogP contribution is -2.27. The van der Waals surface area contributed by atoms with Crippen LogP contribution >= 0.6 is 22.9 Å². The van der Waals surface area contributed by atoms with Gasteiger partial charge in [-0.1, -0.05) is 29.3 Å². The number of aryl methyl sites for hydroxylation is 1. The third-order valence-corrected chi connectivity index (χ3v) is 5.58. The molecule has 0 saturated heterocycles. The largest absolute Gasteiger partial charge is 0.312 e. The molecule has 0 fully saturated rings. The van der Waals surface area contributed by atoms with Gasteiger partial charge in [-0.3, -0.25) is 0 Å². The third kappa shape index (κ3) is 2.11. The van der Waals surface area contributed by atoms with E-state index in [9.17, 15) is 0 Å². The Balaban J connectivity index is 2.01. The Bertz CT molecular complexity index is 814. The van der Waals surface area contributed by atoms with Crippen molar-refractivity contribution in [2.75, 3.05) is 13.6 Å². The zero-order chi connectivity index (χ0) is 14.6. The molecule has 108 valence electrons. The first-order chi connectivity index (χ1) is 10.1. The number of nitrogens with zero attached hydrogens (tertiary/aromatic N) is 2. The van der Waals surface area contributed by atoms with Crippen molar-refractivity contribution in [3.05, 3.63) is 51.5 Å². The van der Waals surface area contributed by atoms with Crippen molar-refractivity contribution < 1.29 is 0 Å². The molecule has 1 aliphatic rings. The highest BCUT2D eigenvalue weighted by Crippen LogP contribution is 2.39. The first kappa shape index (κ1) is 13.4. The summed E-state index contributed by atoms with van der Waals surface area (Å²) < 4.78 is 4.62. The quantitative estimate of drug-likeness (QED) is 0.635. The fourth-order valence-corrected chi connectivity index (χ4v) is 4.47. The molecule has 1 aromatic carbocycles. The third-order valence-electron chi connectivity index (χ3n) is 4.27. The van der Waals surface area contributed by atoms with E-state index in [-0.39, 0.29) is 0 Å². The lowest BCUT2D eigenvalue weighted by atomic mass is 10.1. The zero-order valence-electron chi connectivity index (χ0n) is 12.2. The first-order valence-corrected chi connectivity index (χ1v) is 8.40. The molecule has 0 radical (unpaired) electrons. The highest BCUT2D eigenvalue weighted by molar-refractivity contribution is 7.22. The minimum atomic E-state index is 0.872.